The summed E-state index contributed by atoms with van der Waals surface area (Å²) in [6.45, 7) is 1.33. The van der Waals surface area contributed by atoms with Crippen molar-refractivity contribution in [3.63, 3.8) is 0 Å². The summed E-state index contributed by atoms with van der Waals surface area (Å²) in [7, 11) is -2.89. The summed E-state index contributed by atoms with van der Waals surface area (Å²) in [6.07, 6.45) is 7.73. The van der Waals surface area contributed by atoms with Gasteiger partial charge < -0.3 is 9.88 Å². The van der Waals surface area contributed by atoms with E-state index in [4.69, 9.17) is 0 Å². The van der Waals surface area contributed by atoms with E-state index in [2.05, 4.69) is 10.3 Å². The largest absolute Gasteiger partial charge is 0.352 e. The average Bonchev–Trinajstić information content (AvgIpc) is 3.12. The lowest BCUT2D eigenvalue weighted by atomic mass is 10.1. The van der Waals surface area contributed by atoms with Gasteiger partial charge in [0, 0.05) is 42.0 Å². The minimum absolute atomic E-state index is 0.204. The fraction of sp³-hybridized carbons (Fsp3) is 0.200. The van der Waals surface area contributed by atoms with E-state index in [1.807, 2.05) is 10.8 Å². The number of fused-ring (bicyclic) bond motifs is 1. The van der Waals surface area contributed by atoms with Crippen LogP contribution in [0.2, 0.25) is 0 Å². The van der Waals surface area contributed by atoms with Crippen molar-refractivity contribution in [1.29, 1.82) is 0 Å². The molecule has 0 radical (unpaired) electrons. The molecule has 1 aromatic heterocycles. The number of imidazole rings is 1. The van der Waals surface area contributed by atoms with Gasteiger partial charge in [0.1, 0.15) is 0 Å². The molecule has 0 atom stereocenters. The van der Waals surface area contributed by atoms with Crippen molar-refractivity contribution in [3.8, 4) is 0 Å². The van der Waals surface area contributed by atoms with Crippen molar-refractivity contribution < 1.29 is 13.9 Å². The first-order valence-corrected chi connectivity index (χ1v) is 8.52. The molecule has 0 fully saturated rings. The van der Waals surface area contributed by atoms with Crippen molar-refractivity contribution in [2.24, 2.45) is 0 Å². The summed E-state index contributed by atoms with van der Waals surface area (Å²) in [5.41, 5.74) is 1.06. The SMILES string of the molecule is O=C(NCCCn1ccnc1)c1cccc2c1C=CS2(O)O. The van der Waals surface area contributed by atoms with Crippen LogP contribution in [0.5, 0.6) is 0 Å². The van der Waals surface area contributed by atoms with Crippen LogP contribution < -0.4 is 5.32 Å². The average molecular weight is 319 g/mol. The normalized spacial score (nSPS) is 16.3. The van der Waals surface area contributed by atoms with Crippen molar-refractivity contribution in [2.45, 2.75) is 17.9 Å². The molecule has 2 aromatic rings. The Morgan fingerprint density at radius 3 is 3.00 bits per heavy atom. The van der Waals surface area contributed by atoms with E-state index in [0.29, 0.717) is 22.6 Å². The van der Waals surface area contributed by atoms with E-state index < -0.39 is 10.6 Å². The fourth-order valence-electron chi connectivity index (χ4n) is 2.39. The molecule has 0 saturated carbocycles. The van der Waals surface area contributed by atoms with E-state index >= 15 is 0 Å². The second kappa shape index (κ2) is 5.96. The van der Waals surface area contributed by atoms with E-state index in [0.717, 1.165) is 13.0 Å². The quantitative estimate of drug-likeness (QED) is 0.740. The third kappa shape index (κ3) is 2.92. The zero-order valence-electron chi connectivity index (χ0n) is 11.8. The standard InChI is InChI=1S/C15H17N3O3S/c19-15(17-6-2-8-18-9-7-16-11-18)13-3-1-4-14-12(13)5-10-22(14,20)21/h1,3-5,7,9-11,20-21H,2,6,8H2,(H,17,19). The molecule has 6 nitrogen and oxygen atoms in total. The molecule has 2 heterocycles. The first-order valence-electron chi connectivity index (χ1n) is 6.91. The number of carbonyl (C=O) groups is 1. The lowest BCUT2D eigenvalue weighted by Gasteiger charge is -2.25. The molecule has 0 aliphatic carbocycles. The fourth-order valence-corrected chi connectivity index (χ4v) is 3.64. The van der Waals surface area contributed by atoms with Crippen molar-refractivity contribution in [3.05, 3.63) is 53.5 Å². The first kappa shape index (κ1) is 14.8. The number of carbonyl (C=O) groups excluding carboxylic acids is 1. The second-order valence-corrected chi connectivity index (χ2v) is 6.92. The summed E-state index contributed by atoms with van der Waals surface area (Å²) >= 11 is 0. The lowest BCUT2D eigenvalue weighted by molar-refractivity contribution is 0.0952. The monoisotopic (exact) mass is 319 g/mol. The number of amides is 1. The van der Waals surface area contributed by atoms with Crippen LogP contribution in [0.15, 0.2) is 47.2 Å². The van der Waals surface area contributed by atoms with E-state index in [1.54, 1.807) is 36.8 Å². The Morgan fingerprint density at radius 2 is 2.23 bits per heavy atom. The van der Waals surface area contributed by atoms with Gasteiger partial charge in [-0.05, 0) is 24.6 Å². The highest BCUT2D eigenvalue weighted by Crippen LogP contribution is 2.56. The molecule has 3 N–H and O–H groups in total. The molecule has 1 aromatic carbocycles. The Labute approximate surface area is 129 Å². The van der Waals surface area contributed by atoms with Crippen LogP contribution in [0, 0.1) is 0 Å². The predicted molar refractivity (Wildman–Crippen MR) is 85.8 cm³/mol. The number of rotatable bonds is 5. The summed E-state index contributed by atoms with van der Waals surface area (Å²) in [4.78, 5) is 16.6. The Balaban J connectivity index is 1.62. The van der Waals surface area contributed by atoms with Crippen LogP contribution in [-0.4, -0.2) is 31.1 Å². The number of aromatic nitrogens is 2. The summed E-state index contributed by atoms with van der Waals surface area (Å²) in [5, 5.41) is 4.21. The molecule has 1 aliphatic rings. The molecule has 0 spiro atoms. The summed E-state index contributed by atoms with van der Waals surface area (Å²) in [5.74, 6) is -0.204. The van der Waals surface area contributed by atoms with Gasteiger partial charge in [0.15, 0.2) is 0 Å². The van der Waals surface area contributed by atoms with Gasteiger partial charge in [-0.1, -0.05) is 6.07 Å². The molecule has 1 aliphatic heterocycles. The van der Waals surface area contributed by atoms with Gasteiger partial charge in [-0.25, -0.2) is 4.98 Å². The Kier molecular flexibility index (Phi) is 4.02. The molecule has 7 heteroatoms. The molecular formula is C15H17N3O3S. The zero-order valence-corrected chi connectivity index (χ0v) is 12.7. The highest BCUT2D eigenvalue weighted by molar-refractivity contribution is 8.27. The summed E-state index contributed by atoms with van der Waals surface area (Å²) < 4.78 is 21.7. The van der Waals surface area contributed by atoms with Crippen LogP contribution in [0.1, 0.15) is 22.3 Å². The van der Waals surface area contributed by atoms with Crippen LogP contribution in [-0.2, 0) is 6.54 Å². The Hall–Kier alpha value is -2.09. The van der Waals surface area contributed by atoms with Gasteiger partial charge in [0.25, 0.3) is 5.91 Å². The number of nitrogens with zero attached hydrogens (tertiary/aromatic N) is 2. The number of hydrogen-bond donors (Lipinski definition) is 3. The minimum Gasteiger partial charge on any atom is -0.352 e. The molecule has 116 valence electrons. The Bertz CT molecular complexity index is 711. The van der Waals surface area contributed by atoms with Crippen LogP contribution in [0.3, 0.4) is 0 Å². The van der Waals surface area contributed by atoms with Gasteiger partial charge in [0.2, 0.25) is 0 Å². The number of benzene rings is 1. The third-order valence-corrected chi connectivity index (χ3v) is 5.02. The zero-order chi connectivity index (χ0) is 15.6. The topological polar surface area (TPSA) is 87.4 Å². The van der Waals surface area contributed by atoms with E-state index in [-0.39, 0.29) is 5.91 Å². The molecular weight excluding hydrogens is 302 g/mol. The van der Waals surface area contributed by atoms with Crippen LogP contribution >= 0.6 is 10.6 Å². The van der Waals surface area contributed by atoms with Gasteiger partial charge in [-0.3, -0.25) is 13.9 Å². The maximum absolute atomic E-state index is 12.3. The van der Waals surface area contributed by atoms with Crippen molar-refractivity contribution in [1.82, 2.24) is 14.9 Å². The predicted octanol–water partition coefficient (Wildman–Crippen LogP) is 2.80. The molecule has 0 bridgehead atoms. The molecule has 0 unspecified atom stereocenters. The molecule has 3 rings (SSSR count). The Morgan fingerprint density at radius 1 is 1.36 bits per heavy atom. The third-order valence-electron chi connectivity index (χ3n) is 3.50. The molecule has 1 amide bonds. The number of nitrogens with one attached hydrogen (secondary N) is 1. The van der Waals surface area contributed by atoms with Crippen molar-refractivity contribution in [2.75, 3.05) is 6.54 Å². The van der Waals surface area contributed by atoms with E-state index in [1.165, 1.54) is 5.41 Å². The van der Waals surface area contributed by atoms with Gasteiger partial charge >= 0.3 is 0 Å². The maximum atomic E-state index is 12.3. The summed E-state index contributed by atoms with van der Waals surface area (Å²) in [6, 6.07) is 5.00. The number of aryl methyl sites for hydroxylation is 1. The highest BCUT2D eigenvalue weighted by atomic mass is 32.3. The minimum atomic E-state index is -2.89. The van der Waals surface area contributed by atoms with Gasteiger partial charge in [0.05, 0.1) is 11.2 Å². The maximum Gasteiger partial charge on any atom is 0.251 e. The van der Waals surface area contributed by atoms with Gasteiger partial charge in [-0.15, -0.1) is 10.6 Å². The lowest BCUT2D eigenvalue weighted by Crippen LogP contribution is -2.26. The number of hydrogen-bond acceptors (Lipinski definition) is 4. The molecule has 0 saturated heterocycles. The smallest absolute Gasteiger partial charge is 0.251 e. The first-order chi connectivity index (χ1) is 10.6. The second-order valence-electron chi connectivity index (χ2n) is 5.02. The van der Waals surface area contributed by atoms with E-state index in [9.17, 15) is 13.9 Å². The molecule has 22 heavy (non-hydrogen) atoms. The van der Waals surface area contributed by atoms with Crippen LogP contribution in [0.25, 0.3) is 6.08 Å². The van der Waals surface area contributed by atoms with Gasteiger partial charge in [-0.2, -0.15) is 0 Å². The highest BCUT2D eigenvalue weighted by Gasteiger charge is 2.25. The van der Waals surface area contributed by atoms with Crippen molar-refractivity contribution >= 4 is 22.6 Å². The van der Waals surface area contributed by atoms with Crippen LogP contribution in [0.4, 0.5) is 0 Å².